The van der Waals surface area contributed by atoms with E-state index in [-0.39, 0.29) is 24.2 Å². The molecule has 1 aliphatic rings. The smallest absolute Gasteiger partial charge is 0.252 e. The Hall–Kier alpha value is -2.62. The molecule has 106 valence electrons. The molecule has 0 bridgehead atoms. The minimum atomic E-state index is -0.272. The predicted molar refractivity (Wildman–Crippen MR) is 78.6 cm³/mol. The van der Waals surface area contributed by atoms with Crippen LogP contribution in [0.4, 0.5) is 0 Å². The molecule has 3 rings (SSSR count). The summed E-state index contributed by atoms with van der Waals surface area (Å²) in [6.45, 7) is 0. The van der Waals surface area contributed by atoms with Gasteiger partial charge in [-0.2, -0.15) is 0 Å². The molecule has 4 heteroatoms. The van der Waals surface area contributed by atoms with E-state index in [0.29, 0.717) is 16.9 Å². The van der Waals surface area contributed by atoms with Crippen molar-refractivity contribution in [2.75, 3.05) is 7.11 Å². The number of ether oxygens (including phenoxy) is 1. The first-order valence-electron chi connectivity index (χ1n) is 6.76. The highest BCUT2D eigenvalue weighted by molar-refractivity contribution is 6.02. The van der Waals surface area contributed by atoms with Crippen LogP contribution in [0, 0.1) is 0 Å². The highest BCUT2D eigenvalue weighted by atomic mass is 16.5. The maximum absolute atomic E-state index is 12.3. The van der Waals surface area contributed by atoms with Crippen molar-refractivity contribution in [3.8, 4) is 5.75 Å². The lowest BCUT2D eigenvalue weighted by molar-refractivity contribution is 0.0933. The van der Waals surface area contributed by atoms with E-state index in [1.165, 1.54) is 0 Å². The van der Waals surface area contributed by atoms with Crippen LogP contribution in [0.15, 0.2) is 48.5 Å². The Morgan fingerprint density at radius 2 is 1.95 bits per heavy atom. The van der Waals surface area contributed by atoms with Gasteiger partial charge in [0, 0.05) is 17.5 Å². The first-order valence-corrected chi connectivity index (χ1v) is 6.76. The normalized spacial score (nSPS) is 16.2. The number of hydrogen-bond donors (Lipinski definition) is 1. The number of Topliss-reactive ketones (excluding diaryl/α,β-unsaturated/α-hetero) is 1. The zero-order valence-electron chi connectivity index (χ0n) is 11.6. The van der Waals surface area contributed by atoms with Crippen molar-refractivity contribution >= 4 is 11.7 Å². The third-order valence-electron chi connectivity index (χ3n) is 3.67. The van der Waals surface area contributed by atoms with Gasteiger partial charge in [-0.3, -0.25) is 9.59 Å². The molecule has 0 saturated carbocycles. The molecule has 4 nitrogen and oxygen atoms in total. The Balaban J connectivity index is 1.84. The molecule has 21 heavy (non-hydrogen) atoms. The van der Waals surface area contributed by atoms with Gasteiger partial charge in [-0.25, -0.2) is 0 Å². The molecule has 0 unspecified atom stereocenters. The van der Waals surface area contributed by atoms with Gasteiger partial charge >= 0.3 is 0 Å². The minimum absolute atomic E-state index is 0.0181. The van der Waals surface area contributed by atoms with Crippen LogP contribution in [0.3, 0.4) is 0 Å². The van der Waals surface area contributed by atoms with Crippen LogP contribution in [-0.2, 0) is 0 Å². The summed E-state index contributed by atoms with van der Waals surface area (Å²) >= 11 is 0. The van der Waals surface area contributed by atoms with E-state index < -0.39 is 0 Å². The summed E-state index contributed by atoms with van der Waals surface area (Å²) in [5.41, 5.74) is 2.10. The maximum Gasteiger partial charge on any atom is 0.252 e. The van der Waals surface area contributed by atoms with Crippen molar-refractivity contribution in [1.29, 1.82) is 0 Å². The average molecular weight is 281 g/mol. The monoisotopic (exact) mass is 281 g/mol. The second kappa shape index (κ2) is 5.40. The van der Waals surface area contributed by atoms with Crippen LogP contribution in [-0.4, -0.2) is 18.8 Å². The molecule has 2 aromatic rings. The third kappa shape index (κ3) is 2.52. The van der Waals surface area contributed by atoms with Crippen LogP contribution in [0.1, 0.15) is 38.7 Å². The summed E-state index contributed by atoms with van der Waals surface area (Å²) in [4.78, 5) is 24.2. The summed E-state index contributed by atoms with van der Waals surface area (Å²) in [5, 5.41) is 2.86. The number of nitrogens with one attached hydrogen (secondary N) is 1. The first kappa shape index (κ1) is 13.4. The molecule has 1 heterocycles. The number of methoxy groups -OCH3 is 1. The first-order chi connectivity index (χ1) is 10.2. The molecule has 1 aliphatic heterocycles. The Morgan fingerprint density at radius 3 is 2.67 bits per heavy atom. The Labute approximate surface area is 122 Å². The third-order valence-corrected chi connectivity index (χ3v) is 3.67. The molecular weight excluding hydrogens is 266 g/mol. The molecular formula is C17H15NO3. The van der Waals surface area contributed by atoms with E-state index in [2.05, 4.69) is 5.32 Å². The van der Waals surface area contributed by atoms with E-state index in [1.807, 2.05) is 24.3 Å². The SMILES string of the molecule is COc1ccc2c(c1)C(=O)N[C@H]2CC(=O)c1ccccc1. The lowest BCUT2D eigenvalue weighted by Crippen LogP contribution is -2.21. The molecule has 0 aliphatic carbocycles. The quantitative estimate of drug-likeness (QED) is 0.877. The number of hydrogen-bond acceptors (Lipinski definition) is 3. The van der Waals surface area contributed by atoms with Crippen molar-refractivity contribution in [2.45, 2.75) is 12.5 Å². The molecule has 0 fully saturated rings. The van der Waals surface area contributed by atoms with E-state index in [9.17, 15) is 9.59 Å². The highest BCUT2D eigenvalue weighted by Crippen LogP contribution is 2.31. The summed E-state index contributed by atoms with van der Waals surface area (Å²) in [6, 6.07) is 14.2. The van der Waals surface area contributed by atoms with Crippen molar-refractivity contribution < 1.29 is 14.3 Å². The predicted octanol–water partition coefficient (Wildman–Crippen LogP) is 2.75. The number of carbonyl (C=O) groups is 2. The summed E-state index contributed by atoms with van der Waals surface area (Å²) in [7, 11) is 1.56. The molecule has 1 atom stereocenters. The number of ketones is 1. The molecule has 0 radical (unpaired) electrons. The number of benzene rings is 2. The van der Waals surface area contributed by atoms with Crippen LogP contribution < -0.4 is 10.1 Å². The molecule has 0 spiro atoms. The van der Waals surface area contributed by atoms with Gasteiger partial charge in [0.2, 0.25) is 0 Å². The highest BCUT2D eigenvalue weighted by Gasteiger charge is 2.30. The lowest BCUT2D eigenvalue weighted by Gasteiger charge is -2.11. The van der Waals surface area contributed by atoms with Crippen LogP contribution in [0.2, 0.25) is 0 Å². The van der Waals surface area contributed by atoms with Crippen LogP contribution in [0.5, 0.6) is 5.75 Å². The Morgan fingerprint density at radius 1 is 1.19 bits per heavy atom. The number of amides is 1. The summed E-state index contributed by atoms with van der Waals surface area (Å²) in [6.07, 6.45) is 0.259. The van der Waals surface area contributed by atoms with E-state index in [1.54, 1.807) is 31.4 Å². The average Bonchev–Trinajstić information content (AvgIpc) is 2.83. The largest absolute Gasteiger partial charge is 0.497 e. The van der Waals surface area contributed by atoms with Gasteiger partial charge in [0.05, 0.1) is 13.2 Å². The van der Waals surface area contributed by atoms with Gasteiger partial charge in [0.15, 0.2) is 5.78 Å². The van der Waals surface area contributed by atoms with Crippen LogP contribution in [0.25, 0.3) is 0 Å². The van der Waals surface area contributed by atoms with Crippen molar-refractivity contribution in [3.05, 3.63) is 65.2 Å². The van der Waals surface area contributed by atoms with Crippen molar-refractivity contribution in [3.63, 3.8) is 0 Å². The number of carbonyl (C=O) groups excluding carboxylic acids is 2. The van der Waals surface area contributed by atoms with Gasteiger partial charge in [0.1, 0.15) is 5.75 Å². The fraction of sp³-hybridized carbons (Fsp3) is 0.176. The van der Waals surface area contributed by atoms with Gasteiger partial charge in [-0.15, -0.1) is 0 Å². The Kier molecular flexibility index (Phi) is 3.44. The molecule has 1 amide bonds. The zero-order chi connectivity index (χ0) is 14.8. The molecule has 0 aromatic heterocycles. The lowest BCUT2D eigenvalue weighted by atomic mass is 9.97. The summed E-state index contributed by atoms with van der Waals surface area (Å²) < 4.78 is 5.13. The minimum Gasteiger partial charge on any atom is -0.497 e. The second-order valence-corrected chi connectivity index (χ2v) is 4.97. The zero-order valence-corrected chi connectivity index (χ0v) is 11.6. The molecule has 0 saturated heterocycles. The topological polar surface area (TPSA) is 55.4 Å². The van der Waals surface area contributed by atoms with E-state index in [0.717, 1.165) is 5.56 Å². The van der Waals surface area contributed by atoms with Gasteiger partial charge in [-0.05, 0) is 17.7 Å². The van der Waals surface area contributed by atoms with Crippen molar-refractivity contribution in [2.24, 2.45) is 0 Å². The molecule has 1 N–H and O–H groups in total. The maximum atomic E-state index is 12.3. The standard InChI is InChI=1S/C17H15NO3/c1-21-12-7-8-13-14(9-12)17(20)18-15(13)10-16(19)11-5-3-2-4-6-11/h2-9,15H,10H2,1H3,(H,18,20)/t15-/m0/s1. The Bertz CT molecular complexity index is 694. The van der Waals surface area contributed by atoms with E-state index in [4.69, 9.17) is 4.74 Å². The van der Waals surface area contributed by atoms with Crippen LogP contribution >= 0.6 is 0 Å². The number of fused-ring (bicyclic) bond motifs is 1. The fourth-order valence-corrected chi connectivity index (χ4v) is 2.56. The van der Waals surface area contributed by atoms with Crippen molar-refractivity contribution in [1.82, 2.24) is 5.32 Å². The second-order valence-electron chi connectivity index (χ2n) is 4.97. The fourth-order valence-electron chi connectivity index (χ4n) is 2.56. The van der Waals surface area contributed by atoms with E-state index >= 15 is 0 Å². The number of rotatable bonds is 4. The van der Waals surface area contributed by atoms with Gasteiger partial charge in [0.25, 0.3) is 5.91 Å². The van der Waals surface area contributed by atoms with Gasteiger partial charge in [-0.1, -0.05) is 36.4 Å². The molecule has 2 aromatic carbocycles. The summed E-state index contributed by atoms with van der Waals surface area (Å²) in [5.74, 6) is 0.498. The van der Waals surface area contributed by atoms with Gasteiger partial charge < -0.3 is 10.1 Å².